The Morgan fingerprint density at radius 3 is 2.52 bits per heavy atom. The number of aromatic nitrogens is 2. The number of hydrogen-bond donors (Lipinski definition) is 0. The summed E-state index contributed by atoms with van der Waals surface area (Å²) in [4.78, 5) is 11.7. The Bertz CT molecular complexity index is 939. The van der Waals surface area contributed by atoms with E-state index < -0.39 is 24.1 Å². The number of benzene rings is 1. The maximum Gasteiger partial charge on any atom is 0.337 e. The molecule has 0 fully saturated rings. The van der Waals surface area contributed by atoms with Gasteiger partial charge in [0, 0.05) is 13.5 Å². The highest BCUT2D eigenvalue weighted by Gasteiger charge is 2.22. The Morgan fingerprint density at radius 2 is 1.96 bits per heavy atom. The van der Waals surface area contributed by atoms with Crippen LogP contribution < -0.4 is 0 Å². The third-order valence-corrected chi connectivity index (χ3v) is 7.54. The van der Waals surface area contributed by atoms with Crippen LogP contribution in [-0.4, -0.2) is 44.5 Å². The van der Waals surface area contributed by atoms with Crippen molar-refractivity contribution >= 4 is 40.5 Å². The largest absolute Gasteiger partial charge is 0.465 e. The predicted octanol–water partition coefficient (Wildman–Crippen LogP) is 3.05. The number of esters is 1. The fourth-order valence-electron chi connectivity index (χ4n) is 2.37. The van der Waals surface area contributed by atoms with Gasteiger partial charge in [0.2, 0.25) is 0 Å². The lowest BCUT2D eigenvalue weighted by Crippen LogP contribution is -2.26. The maximum atomic E-state index is 12.6. The first-order valence-corrected chi connectivity index (χ1v) is 13.3. The molecule has 8 heteroatoms. The van der Waals surface area contributed by atoms with Crippen LogP contribution in [0.3, 0.4) is 0 Å². The van der Waals surface area contributed by atoms with Crippen molar-refractivity contribution in [2.24, 2.45) is 0 Å². The van der Waals surface area contributed by atoms with Gasteiger partial charge in [0.05, 0.1) is 30.1 Å². The zero-order chi connectivity index (χ0) is 19.0. The van der Waals surface area contributed by atoms with E-state index in [2.05, 4.69) is 31.3 Å². The average Bonchev–Trinajstić information content (AvgIpc) is 2.96. The van der Waals surface area contributed by atoms with E-state index in [-0.39, 0.29) is 11.3 Å². The van der Waals surface area contributed by atoms with E-state index in [1.807, 2.05) is 6.92 Å². The minimum atomic E-state index is -3.50. The molecule has 136 valence electrons. The quantitative estimate of drug-likeness (QED) is 0.437. The molecule has 0 aliphatic heterocycles. The molecule has 1 heterocycles. The molecule has 6 nitrogen and oxygen atoms in total. The standard InChI is InChI=1S/C17H24N2O4SSi/c1-12-9-14(13(2)17(20)23-3)10-15-11-19(18-16(12)15)24(21,22)7-8-25(4,5)6/h9-11H,2,7-8H2,1,3-6H3. The number of carbonyl (C=O) groups excluding carboxylic acids is 1. The highest BCUT2D eigenvalue weighted by atomic mass is 32.2. The van der Waals surface area contributed by atoms with Crippen molar-refractivity contribution in [1.29, 1.82) is 0 Å². The first-order chi connectivity index (χ1) is 11.4. The molecule has 0 radical (unpaired) electrons. The van der Waals surface area contributed by atoms with Crippen LogP contribution in [0.4, 0.5) is 0 Å². The monoisotopic (exact) mass is 380 g/mol. The number of carbonyl (C=O) groups is 1. The molecule has 0 unspecified atom stereocenters. The number of rotatable bonds is 6. The highest BCUT2D eigenvalue weighted by Crippen LogP contribution is 2.25. The summed E-state index contributed by atoms with van der Waals surface area (Å²) in [6, 6.07) is 4.14. The van der Waals surface area contributed by atoms with Crippen molar-refractivity contribution in [3.8, 4) is 0 Å². The lowest BCUT2D eigenvalue weighted by Gasteiger charge is -2.15. The Morgan fingerprint density at radius 1 is 1.32 bits per heavy atom. The molecule has 1 aromatic carbocycles. The molecule has 0 atom stereocenters. The fraction of sp³-hybridized carbons (Fsp3) is 0.412. The third-order valence-electron chi connectivity index (χ3n) is 3.95. The van der Waals surface area contributed by atoms with Crippen LogP contribution in [0.2, 0.25) is 25.7 Å². The summed E-state index contributed by atoms with van der Waals surface area (Å²) >= 11 is 0. The van der Waals surface area contributed by atoms with Crippen LogP contribution >= 0.6 is 0 Å². The van der Waals surface area contributed by atoms with Crippen LogP contribution in [0.25, 0.3) is 16.5 Å². The van der Waals surface area contributed by atoms with Crippen molar-refractivity contribution in [2.45, 2.75) is 32.6 Å². The Labute approximate surface area is 149 Å². The van der Waals surface area contributed by atoms with E-state index in [1.54, 1.807) is 12.1 Å². The molecule has 2 aromatic rings. The van der Waals surface area contributed by atoms with Gasteiger partial charge in [0.1, 0.15) is 0 Å². The second-order valence-electron chi connectivity index (χ2n) is 7.33. The summed E-state index contributed by atoms with van der Waals surface area (Å²) in [5.41, 5.74) is 2.19. The van der Waals surface area contributed by atoms with E-state index >= 15 is 0 Å². The molecule has 0 saturated heterocycles. The average molecular weight is 381 g/mol. The zero-order valence-corrected chi connectivity index (χ0v) is 17.1. The SMILES string of the molecule is C=C(C(=O)OC)c1cc(C)c2nn(S(=O)(=O)CC[Si](C)(C)C)cc2c1. The number of hydrogen-bond acceptors (Lipinski definition) is 5. The number of ether oxygens (including phenoxy) is 1. The summed E-state index contributed by atoms with van der Waals surface area (Å²) in [7, 11) is -3.68. The number of aryl methyl sites for hydroxylation is 1. The smallest absolute Gasteiger partial charge is 0.337 e. The molecule has 2 rings (SSSR count). The first kappa shape index (κ1) is 19.4. The normalized spacial score (nSPS) is 12.4. The van der Waals surface area contributed by atoms with Gasteiger partial charge in [-0.1, -0.05) is 26.2 Å². The van der Waals surface area contributed by atoms with E-state index in [1.165, 1.54) is 13.3 Å². The number of methoxy groups -OCH3 is 1. The third kappa shape index (κ3) is 4.38. The van der Waals surface area contributed by atoms with Gasteiger partial charge in [0.15, 0.2) is 0 Å². The molecule has 0 aliphatic rings. The van der Waals surface area contributed by atoms with E-state index in [9.17, 15) is 13.2 Å². The second kappa shape index (κ2) is 6.76. The van der Waals surface area contributed by atoms with Crippen LogP contribution in [-0.2, 0) is 19.6 Å². The van der Waals surface area contributed by atoms with Crippen molar-refractivity contribution in [2.75, 3.05) is 12.9 Å². The Hall–Kier alpha value is -1.93. The van der Waals surface area contributed by atoms with Crippen molar-refractivity contribution in [1.82, 2.24) is 9.19 Å². The van der Waals surface area contributed by atoms with Crippen LogP contribution in [0, 0.1) is 6.92 Å². The summed E-state index contributed by atoms with van der Waals surface area (Å²) in [6.45, 7) is 12.0. The molecule has 25 heavy (non-hydrogen) atoms. The van der Waals surface area contributed by atoms with Crippen LogP contribution in [0.15, 0.2) is 24.9 Å². The molecule has 0 bridgehead atoms. The Kier molecular flexibility index (Phi) is 5.24. The highest BCUT2D eigenvalue weighted by molar-refractivity contribution is 7.89. The molecule has 0 aliphatic carbocycles. The van der Waals surface area contributed by atoms with Crippen molar-refractivity contribution < 1.29 is 17.9 Å². The molecule has 1 aromatic heterocycles. The summed E-state index contributed by atoms with van der Waals surface area (Å²) in [5.74, 6) is -0.439. The van der Waals surface area contributed by atoms with Gasteiger partial charge in [-0.2, -0.15) is 9.19 Å². The van der Waals surface area contributed by atoms with Crippen molar-refractivity contribution in [3.05, 3.63) is 36.0 Å². The predicted molar refractivity (Wildman–Crippen MR) is 103 cm³/mol. The topological polar surface area (TPSA) is 78.3 Å². The fourth-order valence-corrected chi connectivity index (χ4v) is 6.52. The van der Waals surface area contributed by atoms with Gasteiger partial charge in [-0.15, -0.1) is 0 Å². The van der Waals surface area contributed by atoms with Gasteiger partial charge < -0.3 is 4.74 Å². The number of fused-ring (bicyclic) bond motifs is 1. The van der Waals surface area contributed by atoms with Crippen LogP contribution in [0.5, 0.6) is 0 Å². The second-order valence-corrected chi connectivity index (χ2v) is 14.9. The summed E-state index contributed by atoms with van der Waals surface area (Å²) in [5, 5.41) is 4.90. The molecule has 0 saturated carbocycles. The van der Waals surface area contributed by atoms with Gasteiger partial charge >= 0.3 is 5.97 Å². The lowest BCUT2D eigenvalue weighted by molar-refractivity contribution is -0.133. The first-order valence-electron chi connectivity index (χ1n) is 7.95. The lowest BCUT2D eigenvalue weighted by atomic mass is 10.0. The minimum Gasteiger partial charge on any atom is -0.465 e. The van der Waals surface area contributed by atoms with Crippen molar-refractivity contribution in [3.63, 3.8) is 0 Å². The summed E-state index contributed by atoms with van der Waals surface area (Å²) in [6.07, 6.45) is 1.50. The van der Waals surface area contributed by atoms with Gasteiger partial charge in [0.25, 0.3) is 10.0 Å². The van der Waals surface area contributed by atoms with E-state index in [0.717, 1.165) is 9.65 Å². The molecule has 0 N–H and O–H groups in total. The van der Waals surface area contributed by atoms with Gasteiger partial charge in [-0.05, 0) is 36.2 Å². The Balaban J connectivity index is 2.44. The molecule has 0 amide bonds. The van der Waals surface area contributed by atoms with Gasteiger partial charge in [-0.25, -0.2) is 13.2 Å². The molecular formula is C17H24N2O4SSi. The van der Waals surface area contributed by atoms with Crippen LogP contribution in [0.1, 0.15) is 11.1 Å². The van der Waals surface area contributed by atoms with Gasteiger partial charge in [-0.3, -0.25) is 0 Å². The molecule has 0 spiro atoms. The zero-order valence-electron chi connectivity index (χ0n) is 15.3. The maximum absolute atomic E-state index is 12.6. The molecular weight excluding hydrogens is 356 g/mol. The minimum absolute atomic E-state index is 0.0808. The van der Waals surface area contributed by atoms with E-state index in [4.69, 9.17) is 4.74 Å². The number of nitrogens with zero attached hydrogens (tertiary/aromatic N) is 2. The van der Waals surface area contributed by atoms with E-state index in [0.29, 0.717) is 22.5 Å². The summed E-state index contributed by atoms with van der Waals surface area (Å²) < 4.78 is 30.9.